The highest BCUT2D eigenvalue weighted by Gasteiger charge is 2.48. The van der Waals surface area contributed by atoms with Crippen molar-refractivity contribution in [1.82, 2.24) is 51.5 Å². The van der Waals surface area contributed by atoms with Gasteiger partial charge in [0, 0.05) is 84.5 Å². The first-order chi connectivity index (χ1) is 53.7. The molecule has 3 saturated heterocycles. The fourth-order valence-electron chi connectivity index (χ4n) is 15.1. The number of methoxy groups -OCH3 is 2. The Bertz CT molecular complexity index is 3490. The molecule has 3 fully saturated rings. The average Bonchev–Trinajstić information content (AvgIpc) is 1.39. The summed E-state index contributed by atoms with van der Waals surface area (Å²) in [5, 5.41) is 52.1. The predicted octanol–water partition coefficient (Wildman–Crippen LogP) is 1.22. The third kappa shape index (κ3) is 27.0. The van der Waals surface area contributed by atoms with Gasteiger partial charge in [0.2, 0.25) is 53.2 Å². The number of aliphatic hydroxyl groups is 3. The molecule has 0 aliphatic carbocycles. The molecule has 32 nitrogen and oxygen atoms in total. The number of aliphatic hydroxyl groups excluding tert-OH is 3. The van der Waals surface area contributed by atoms with Crippen molar-refractivity contribution in [3.63, 3.8) is 0 Å². The summed E-state index contributed by atoms with van der Waals surface area (Å²) in [6.45, 7) is 16.6. The molecule has 12 N–H and O–H groups in total. The number of hydrogen-bond acceptors (Lipinski definition) is 22. The largest absolute Gasteiger partial charge is 0.390 e. The molecule has 4 heterocycles. The molecule has 0 saturated carbocycles. The van der Waals surface area contributed by atoms with E-state index in [4.69, 9.17) is 29.4 Å². The van der Waals surface area contributed by atoms with Crippen LogP contribution in [0.3, 0.4) is 0 Å². The molecule has 630 valence electrons. The number of Topliss-reactive ketones (excluding diaryl/α,β-unsaturated/α-hetero) is 1. The maximum Gasteiger partial charge on any atom is 0.253 e. The molecular weight excluding hydrogens is 1460 g/mol. The van der Waals surface area contributed by atoms with Crippen molar-refractivity contribution in [3.8, 4) is 0 Å². The van der Waals surface area contributed by atoms with Crippen LogP contribution in [0.5, 0.6) is 0 Å². The normalized spacial score (nSPS) is 22.3. The Labute approximate surface area is 664 Å². The van der Waals surface area contributed by atoms with Crippen molar-refractivity contribution in [2.45, 2.75) is 243 Å². The van der Waals surface area contributed by atoms with Crippen molar-refractivity contribution < 1.29 is 96.5 Å². The van der Waals surface area contributed by atoms with Crippen molar-refractivity contribution >= 4 is 76.4 Å². The zero-order valence-corrected chi connectivity index (χ0v) is 68.3. The summed E-state index contributed by atoms with van der Waals surface area (Å²) in [4.78, 5) is 169. The summed E-state index contributed by atoms with van der Waals surface area (Å²) < 4.78 is 29.2. The number of benzene rings is 2. The predicted molar refractivity (Wildman–Crippen MR) is 419 cm³/mol. The lowest BCUT2D eigenvalue weighted by atomic mass is 9.89. The number of anilines is 1. The lowest BCUT2D eigenvalue weighted by Crippen LogP contribution is -2.59. The average molecular weight is 1590 g/mol. The molecule has 0 spiro atoms. The highest BCUT2D eigenvalue weighted by Crippen LogP contribution is 2.31. The number of unbranched alkanes of at least 4 members (excludes halogenated alkanes) is 2. The molecule has 2 aromatic carbocycles. The number of carbonyl (C=O) groups is 12. The molecule has 0 radical (unpaired) electrons. The summed E-state index contributed by atoms with van der Waals surface area (Å²) in [7, 11) is 8.39. The first-order valence-corrected chi connectivity index (χ1v) is 39.8. The smallest absolute Gasteiger partial charge is 0.253 e. The van der Waals surface area contributed by atoms with Gasteiger partial charge in [-0.1, -0.05) is 118 Å². The van der Waals surface area contributed by atoms with E-state index in [0.29, 0.717) is 63.6 Å². The van der Waals surface area contributed by atoms with Crippen LogP contribution in [0, 0.1) is 29.6 Å². The van der Waals surface area contributed by atoms with Crippen molar-refractivity contribution in [1.29, 1.82) is 0 Å². The summed E-state index contributed by atoms with van der Waals surface area (Å²) in [6.07, 6.45) is -4.17. The Hall–Kier alpha value is -8.18. The van der Waals surface area contributed by atoms with Gasteiger partial charge in [0.1, 0.15) is 67.4 Å². The second kappa shape index (κ2) is 45.8. The van der Waals surface area contributed by atoms with Gasteiger partial charge in [0.05, 0.1) is 55.4 Å². The van der Waals surface area contributed by atoms with Crippen LogP contribution in [0.2, 0.25) is 0 Å². The maximum atomic E-state index is 14.7. The van der Waals surface area contributed by atoms with Gasteiger partial charge in [-0.2, -0.15) is 0 Å². The molecule has 0 bridgehead atoms. The highest BCUT2D eigenvalue weighted by atomic mass is 16.6. The van der Waals surface area contributed by atoms with Gasteiger partial charge < -0.3 is 91.8 Å². The standard InChI is InChI=1S/C81H126N12O20/c1-15-49(8)70(91(12)81(108)68(47(4)5)89-80(107)69(48(6)7)90(10)11)59(109-13)42-66(99)92-39-23-27-56(92)73(110-14)50(9)75(102)87-55(40-52-24-18-16-19-25-52)76(103)83-37-35-51-29-31-53(32-30-51)85-77(104)54(26-22-36-82)86-79(106)67(46(2)3)88-78(105)60-41-57(94)62(112-60)45-111-44-58(95)74-72(101)71(100)61(113-74)43-84-63(96)28-20-17-21-38-93-64(97)33-34-65(93)98/h16,18-19,24-25,29-34,46-50,54-57,59-62,67-74,94,100-101H,15,17,20-23,26-28,35-45,82H2,1-14H3,(H,83,103)(H,84,96)(H,85,104)(H,86,106)(H,87,102)(H,88,105)(H,89,107)/t49-,50+,54+,55?,56-,57?,59+,60?,61+,62+,67?,68?,69-,70-,71?,72?,73+,74?/m0/s1. The van der Waals surface area contributed by atoms with Crippen LogP contribution >= 0.6 is 0 Å². The molecule has 11 amide bonds. The SMILES string of the molecule is CC[C@H](C)[C@@H]([C@@H](CC(=O)N1CCC[C@H]1[C@H](OC)[C@@H](C)C(=O)NC(Cc1ccccc1)C(=O)NCCc1ccc(NC(=O)[C@@H](CCCN)NC(=O)C(NC(=O)C2CC(O)[C@@H](COCC(=O)C3O[C@H](CNC(=O)CCCCCN4C(=O)C=CC4=O)C(O)C3O)O2)C(C)C)cc1)OC)N(C)C(=O)C(NC(=O)[C@H](C(C)C)N(C)C)C(C)C. The quantitative estimate of drug-likeness (QED) is 0.0328. The first-order valence-electron chi connectivity index (χ1n) is 39.8. The van der Waals surface area contributed by atoms with Gasteiger partial charge in [-0.25, -0.2) is 0 Å². The van der Waals surface area contributed by atoms with E-state index in [0.717, 1.165) is 16.0 Å². The third-order valence-corrected chi connectivity index (χ3v) is 21.8. The third-order valence-electron chi connectivity index (χ3n) is 21.8. The van der Waals surface area contributed by atoms with Gasteiger partial charge in [0.25, 0.3) is 11.8 Å². The Morgan fingerprint density at radius 2 is 1.35 bits per heavy atom. The minimum atomic E-state index is -1.64. The number of carbonyl (C=O) groups excluding carboxylic acids is 12. The van der Waals surface area contributed by atoms with Gasteiger partial charge in [-0.15, -0.1) is 0 Å². The number of likely N-dealkylation sites (N-methyl/N-ethyl adjacent to an activating group) is 2. The van der Waals surface area contributed by atoms with Gasteiger partial charge in [-0.05, 0) is 113 Å². The zero-order valence-electron chi connectivity index (χ0n) is 68.3. The molecule has 32 heteroatoms. The molecule has 6 rings (SSSR count). The fraction of sp³-hybridized carbons (Fsp3) is 0.679. The lowest BCUT2D eigenvalue weighted by Gasteiger charge is -2.41. The Morgan fingerprint density at radius 3 is 1.96 bits per heavy atom. The van der Waals surface area contributed by atoms with E-state index in [1.165, 1.54) is 26.4 Å². The number of rotatable bonds is 47. The summed E-state index contributed by atoms with van der Waals surface area (Å²) >= 11 is 0. The summed E-state index contributed by atoms with van der Waals surface area (Å²) in [5.41, 5.74) is 7.86. The summed E-state index contributed by atoms with van der Waals surface area (Å²) in [6, 6.07) is 10.5. The van der Waals surface area contributed by atoms with E-state index in [1.54, 1.807) is 61.9 Å². The number of nitrogens with zero attached hydrogens (tertiary/aromatic N) is 4. The van der Waals surface area contributed by atoms with Crippen LogP contribution in [0.1, 0.15) is 144 Å². The van der Waals surface area contributed by atoms with Gasteiger partial charge in [0.15, 0.2) is 5.78 Å². The fourth-order valence-corrected chi connectivity index (χ4v) is 15.1. The van der Waals surface area contributed by atoms with Crippen LogP contribution < -0.4 is 43.0 Å². The number of ether oxygens (including phenoxy) is 5. The molecule has 4 aliphatic rings. The molecule has 18 atom stereocenters. The minimum Gasteiger partial charge on any atom is -0.390 e. The van der Waals surface area contributed by atoms with Crippen LogP contribution in [0.25, 0.3) is 0 Å². The Kier molecular flexibility index (Phi) is 38.0. The number of ketones is 1. The van der Waals surface area contributed by atoms with Crippen molar-refractivity contribution in [3.05, 3.63) is 77.9 Å². The number of amides is 11. The van der Waals surface area contributed by atoms with Crippen molar-refractivity contribution in [2.75, 3.05) is 86.6 Å². The van der Waals surface area contributed by atoms with Crippen LogP contribution in [0.15, 0.2) is 66.7 Å². The van der Waals surface area contributed by atoms with Gasteiger partial charge in [-0.3, -0.25) is 67.3 Å². The number of hydrogen-bond donors (Lipinski definition) is 11. The van der Waals surface area contributed by atoms with Gasteiger partial charge >= 0.3 is 0 Å². The maximum absolute atomic E-state index is 14.7. The van der Waals surface area contributed by atoms with E-state index < -0.39 is 151 Å². The van der Waals surface area contributed by atoms with Crippen LogP contribution in [-0.2, 0) is 94.1 Å². The number of nitrogens with one attached hydrogen (secondary N) is 7. The lowest BCUT2D eigenvalue weighted by molar-refractivity contribution is -0.148. The van der Waals surface area contributed by atoms with Crippen LogP contribution in [-0.4, -0.2) is 284 Å². The van der Waals surface area contributed by atoms with Crippen molar-refractivity contribution in [2.24, 2.45) is 35.3 Å². The number of imide groups is 1. The van der Waals surface area contributed by atoms with E-state index in [-0.39, 0.29) is 118 Å². The van der Waals surface area contributed by atoms with Crippen LogP contribution in [0.4, 0.5) is 5.69 Å². The molecule has 4 aliphatic heterocycles. The van der Waals surface area contributed by atoms with E-state index in [2.05, 4.69) is 37.2 Å². The molecular formula is C81H126N12O20. The van der Waals surface area contributed by atoms with E-state index in [1.807, 2.05) is 90.9 Å². The molecule has 8 unspecified atom stereocenters. The monoisotopic (exact) mass is 1590 g/mol. The minimum absolute atomic E-state index is 0.0124. The molecule has 113 heavy (non-hydrogen) atoms. The zero-order chi connectivity index (χ0) is 83.5. The number of likely N-dealkylation sites (tertiary alicyclic amines) is 1. The molecule has 2 aromatic rings. The second-order valence-corrected chi connectivity index (χ2v) is 31.5. The molecule has 0 aromatic heterocycles. The second-order valence-electron chi connectivity index (χ2n) is 31.5. The Morgan fingerprint density at radius 1 is 0.690 bits per heavy atom. The van der Waals surface area contributed by atoms with E-state index >= 15 is 0 Å². The highest BCUT2D eigenvalue weighted by molar-refractivity contribution is 6.12. The topological polar surface area (TPSA) is 435 Å². The number of nitrogens with two attached hydrogens (primary N) is 1. The summed E-state index contributed by atoms with van der Waals surface area (Å²) in [5.74, 6) is -7.18. The Balaban J connectivity index is 0.973. The van der Waals surface area contributed by atoms with E-state index in [9.17, 15) is 72.9 Å². The first kappa shape index (κ1) is 93.7.